The molecule has 3 nitrogen and oxygen atoms in total. The van der Waals surface area contributed by atoms with Crippen LogP contribution in [0.2, 0.25) is 0 Å². The lowest BCUT2D eigenvalue weighted by Crippen LogP contribution is -2.19. The van der Waals surface area contributed by atoms with E-state index >= 15 is 0 Å². The lowest BCUT2D eigenvalue weighted by molar-refractivity contribution is 0.484. The number of hydrogen-bond donors (Lipinski definition) is 1. The van der Waals surface area contributed by atoms with Crippen molar-refractivity contribution in [1.82, 2.24) is 0 Å². The van der Waals surface area contributed by atoms with Gasteiger partial charge in [0.2, 0.25) is 0 Å². The summed E-state index contributed by atoms with van der Waals surface area (Å²) in [5.74, 6) is 0. The summed E-state index contributed by atoms with van der Waals surface area (Å²) in [6, 6.07) is 40.9. The van der Waals surface area contributed by atoms with Crippen molar-refractivity contribution < 1.29 is 13.0 Å². The fraction of sp³-hybridized carbons (Fsp3) is 0.0625. The predicted molar refractivity (Wildman–Crippen MR) is 150 cm³/mol. The van der Waals surface area contributed by atoms with Crippen molar-refractivity contribution >= 4 is 23.3 Å². The Morgan fingerprint density at radius 2 is 0.811 bits per heavy atom. The van der Waals surface area contributed by atoms with Gasteiger partial charge in [-0.3, -0.25) is 4.55 Å². The molecule has 5 heteroatoms. The Bertz CT molecular complexity index is 1610. The highest BCUT2D eigenvalue weighted by molar-refractivity contribution is 7.86. The minimum absolute atomic E-state index is 0.00448. The van der Waals surface area contributed by atoms with Gasteiger partial charge in [0.25, 0.3) is 10.1 Å². The molecule has 2 aliphatic carbocycles. The molecule has 5 aromatic carbocycles. The molecule has 1 N–H and O–H groups in total. The molecule has 0 saturated carbocycles. The van der Waals surface area contributed by atoms with Gasteiger partial charge in [-0.25, -0.2) is 0 Å². The molecule has 37 heavy (non-hydrogen) atoms. The SMILES string of the molecule is O=S(=O)(O)c1ccccc1P(C1c2ccccc2-c2ccccc21)C1c2ccccc2-c2ccccc21. The highest BCUT2D eigenvalue weighted by Gasteiger charge is 2.44. The molecular weight excluding hydrogens is 495 g/mol. The Balaban J connectivity index is 1.59. The largest absolute Gasteiger partial charge is 0.295 e. The smallest absolute Gasteiger partial charge is 0.282 e. The Hall–Kier alpha value is -3.56. The molecule has 180 valence electrons. The average Bonchev–Trinajstić information content (AvgIpc) is 3.43. The third-order valence-electron chi connectivity index (χ3n) is 7.58. The van der Waals surface area contributed by atoms with Crippen molar-refractivity contribution in [2.45, 2.75) is 16.2 Å². The van der Waals surface area contributed by atoms with Gasteiger partial charge in [-0.15, -0.1) is 0 Å². The average molecular weight is 519 g/mol. The van der Waals surface area contributed by atoms with E-state index in [1.165, 1.54) is 44.5 Å². The van der Waals surface area contributed by atoms with Crippen LogP contribution in [0.1, 0.15) is 33.6 Å². The van der Waals surface area contributed by atoms with Gasteiger partial charge in [0.05, 0.1) is 0 Å². The molecule has 0 saturated heterocycles. The molecule has 0 aliphatic heterocycles. The number of rotatable bonds is 4. The first-order chi connectivity index (χ1) is 18.0. The zero-order valence-electron chi connectivity index (χ0n) is 19.8. The van der Waals surface area contributed by atoms with Gasteiger partial charge in [-0.1, -0.05) is 115 Å². The molecule has 0 spiro atoms. The van der Waals surface area contributed by atoms with Crippen LogP contribution in [-0.2, 0) is 10.1 Å². The standard InChI is InChI=1S/C32H23O3PS/c33-37(34,35)30-20-10-9-19-29(30)36(31-25-15-5-1-11-21(25)22-12-2-6-16-26(22)31)32-27-17-7-3-13-23(27)24-14-4-8-18-28(24)32/h1-20,31-32H,(H,33,34,35). The Morgan fingerprint density at radius 3 is 1.19 bits per heavy atom. The Kier molecular flexibility index (Phi) is 5.19. The Morgan fingerprint density at radius 1 is 0.486 bits per heavy atom. The molecular formula is C32H23O3PS. The van der Waals surface area contributed by atoms with Gasteiger partial charge in [0.1, 0.15) is 4.90 Å². The van der Waals surface area contributed by atoms with Gasteiger partial charge in [-0.2, -0.15) is 8.42 Å². The first kappa shape index (κ1) is 22.6. The fourth-order valence-electron chi connectivity index (χ4n) is 6.17. The number of fused-ring (bicyclic) bond motifs is 6. The summed E-state index contributed by atoms with van der Waals surface area (Å²) in [6.07, 6.45) is 0. The second-order valence-electron chi connectivity index (χ2n) is 9.50. The summed E-state index contributed by atoms with van der Waals surface area (Å²) < 4.78 is 35.8. The monoisotopic (exact) mass is 518 g/mol. The van der Waals surface area contributed by atoms with Gasteiger partial charge in [0.15, 0.2) is 0 Å². The summed E-state index contributed by atoms with van der Waals surface area (Å²) in [6.45, 7) is 0. The normalized spacial score (nSPS) is 14.3. The first-order valence-corrected chi connectivity index (χ1v) is 15.2. The van der Waals surface area contributed by atoms with Gasteiger partial charge >= 0.3 is 0 Å². The van der Waals surface area contributed by atoms with E-state index in [9.17, 15) is 13.0 Å². The minimum atomic E-state index is -4.43. The van der Waals surface area contributed by atoms with Gasteiger partial charge in [-0.05, 0) is 63.8 Å². The summed E-state index contributed by atoms with van der Waals surface area (Å²) >= 11 is 0. The van der Waals surface area contributed by atoms with Crippen LogP contribution in [0.25, 0.3) is 22.3 Å². The van der Waals surface area contributed by atoms with Crippen molar-refractivity contribution in [2.75, 3.05) is 0 Å². The topological polar surface area (TPSA) is 54.4 Å². The van der Waals surface area contributed by atoms with E-state index in [4.69, 9.17) is 0 Å². The van der Waals surface area contributed by atoms with Crippen LogP contribution in [0.5, 0.6) is 0 Å². The van der Waals surface area contributed by atoms with Crippen LogP contribution in [0, 0.1) is 0 Å². The minimum Gasteiger partial charge on any atom is -0.282 e. The number of hydrogen-bond acceptors (Lipinski definition) is 2. The van der Waals surface area contributed by atoms with Crippen LogP contribution in [0.3, 0.4) is 0 Å². The first-order valence-electron chi connectivity index (χ1n) is 12.3. The molecule has 7 rings (SSSR count). The molecule has 2 aliphatic rings. The maximum Gasteiger partial charge on any atom is 0.295 e. The molecule has 0 fully saturated rings. The Labute approximate surface area is 218 Å². The fourth-order valence-corrected chi connectivity index (χ4v) is 11.0. The second kappa shape index (κ2) is 8.49. The van der Waals surface area contributed by atoms with Crippen molar-refractivity contribution in [1.29, 1.82) is 0 Å². The molecule has 0 heterocycles. The summed E-state index contributed by atoms with van der Waals surface area (Å²) in [5, 5.41) is 0.702. The number of benzene rings is 5. The van der Waals surface area contributed by atoms with Crippen molar-refractivity contribution in [3.8, 4) is 22.3 Å². The van der Waals surface area contributed by atoms with Crippen LogP contribution < -0.4 is 5.30 Å². The lowest BCUT2D eigenvalue weighted by atomic mass is 10.1. The van der Waals surface area contributed by atoms with E-state index in [1.807, 2.05) is 12.1 Å². The van der Waals surface area contributed by atoms with E-state index in [1.54, 1.807) is 12.1 Å². The molecule has 0 amide bonds. The lowest BCUT2D eigenvalue weighted by Gasteiger charge is -2.34. The summed E-state index contributed by atoms with van der Waals surface area (Å²) in [7, 11) is -5.66. The van der Waals surface area contributed by atoms with Crippen molar-refractivity contribution in [3.05, 3.63) is 144 Å². The van der Waals surface area contributed by atoms with Crippen molar-refractivity contribution in [2.24, 2.45) is 0 Å². The summed E-state index contributed by atoms with van der Waals surface area (Å²) in [4.78, 5) is 0.00448. The van der Waals surface area contributed by atoms with E-state index in [0.717, 1.165) is 0 Å². The quantitative estimate of drug-likeness (QED) is 0.197. The highest BCUT2D eigenvalue weighted by atomic mass is 32.2. The molecule has 5 aromatic rings. The van der Waals surface area contributed by atoms with Crippen LogP contribution >= 0.6 is 7.92 Å². The van der Waals surface area contributed by atoms with Gasteiger partial charge < -0.3 is 0 Å². The second-order valence-corrected chi connectivity index (χ2v) is 13.2. The summed E-state index contributed by atoms with van der Waals surface area (Å²) in [5.41, 5.74) is 9.55. The predicted octanol–water partition coefficient (Wildman–Crippen LogP) is 7.58. The van der Waals surface area contributed by atoms with Crippen molar-refractivity contribution in [3.63, 3.8) is 0 Å². The zero-order chi connectivity index (χ0) is 25.1. The molecule has 0 aromatic heterocycles. The third-order valence-corrected chi connectivity index (χ3v) is 11.8. The molecule has 0 unspecified atom stereocenters. The van der Waals surface area contributed by atoms with Crippen LogP contribution in [0.4, 0.5) is 0 Å². The molecule has 0 atom stereocenters. The van der Waals surface area contributed by atoms with E-state index in [2.05, 4.69) is 97.1 Å². The van der Waals surface area contributed by atoms with E-state index < -0.39 is 18.0 Å². The molecule has 0 radical (unpaired) electrons. The van der Waals surface area contributed by atoms with Crippen LogP contribution in [-0.4, -0.2) is 13.0 Å². The van der Waals surface area contributed by atoms with E-state index in [0.29, 0.717) is 5.30 Å². The van der Waals surface area contributed by atoms with E-state index in [-0.39, 0.29) is 16.2 Å². The third kappa shape index (κ3) is 3.44. The maximum atomic E-state index is 12.7. The highest BCUT2D eigenvalue weighted by Crippen LogP contribution is 2.72. The zero-order valence-corrected chi connectivity index (χ0v) is 21.5. The molecule has 0 bridgehead atoms. The maximum absolute atomic E-state index is 12.7. The van der Waals surface area contributed by atoms with Gasteiger partial charge in [0, 0.05) is 11.3 Å². The van der Waals surface area contributed by atoms with Crippen LogP contribution in [0.15, 0.2) is 126 Å².